The molecule has 0 saturated heterocycles. The summed E-state index contributed by atoms with van der Waals surface area (Å²) in [6.45, 7) is 6.04. The molecule has 25 heavy (non-hydrogen) atoms. The van der Waals surface area contributed by atoms with Gasteiger partial charge < -0.3 is 16.0 Å². The van der Waals surface area contributed by atoms with Gasteiger partial charge in [0.05, 0.1) is 6.04 Å². The fourth-order valence-corrected chi connectivity index (χ4v) is 2.68. The van der Waals surface area contributed by atoms with Crippen LogP contribution in [0.3, 0.4) is 0 Å². The number of carbonyl (C=O) groups excluding carboxylic acids is 2. The Labute approximate surface area is 148 Å². The summed E-state index contributed by atoms with van der Waals surface area (Å²) in [7, 11) is 0. The van der Waals surface area contributed by atoms with Gasteiger partial charge in [-0.25, -0.2) is 4.79 Å². The van der Waals surface area contributed by atoms with E-state index in [2.05, 4.69) is 16.0 Å². The van der Waals surface area contributed by atoms with E-state index in [-0.39, 0.29) is 18.0 Å². The molecule has 0 saturated carbocycles. The zero-order valence-corrected chi connectivity index (χ0v) is 14.9. The van der Waals surface area contributed by atoms with Crippen LogP contribution in [-0.4, -0.2) is 18.5 Å². The Morgan fingerprint density at radius 1 is 1.04 bits per heavy atom. The molecule has 3 N–H and O–H groups in total. The average molecular weight is 339 g/mol. The third-order valence-corrected chi connectivity index (χ3v) is 3.98. The molecule has 0 heterocycles. The van der Waals surface area contributed by atoms with Crippen molar-refractivity contribution in [2.75, 3.05) is 11.9 Å². The van der Waals surface area contributed by atoms with Gasteiger partial charge in [-0.15, -0.1) is 0 Å². The van der Waals surface area contributed by atoms with Gasteiger partial charge in [-0.1, -0.05) is 36.4 Å². The molecule has 0 bridgehead atoms. The van der Waals surface area contributed by atoms with Crippen molar-refractivity contribution in [1.29, 1.82) is 0 Å². The monoisotopic (exact) mass is 339 g/mol. The van der Waals surface area contributed by atoms with E-state index in [1.54, 1.807) is 0 Å². The molecule has 0 radical (unpaired) electrons. The predicted molar refractivity (Wildman–Crippen MR) is 101 cm³/mol. The highest BCUT2D eigenvalue weighted by Gasteiger charge is 2.10. The second-order valence-electron chi connectivity index (χ2n) is 6.11. The molecule has 3 amide bonds. The van der Waals surface area contributed by atoms with Gasteiger partial charge in [-0.3, -0.25) is 4.79 Å². The summed E-state index contributed by atoms with van der Waals surface area (Å²) in [5.41, 5.74) is 4.15. The molecule has 5 nitrogen and oxygen atoms in total. The summed E-state index contributed by atoms with van der Waals surface area (Å²) in [6.07, 6.45) is 0.729. The van der Waals surface area contributed by atoms with Crippen molar-refractivity contribution in [3.05, 3.63) is 65.2 Å². The molecule has 0 aliphatic carbocycles. The maximum Gasteiger partial charge on any atom is 0.315 e. The molecule has 0 aromatic heterocycles. The molecule has 1 atom stereocenters. The minimum absolute atomic E-state index is 0.0434. The molecule has 2 aromatic rings. The van der Waals surface area contributed by atoms with Crippen LogP contribution in [0.2, 0.25) is 0 Å². The first-order valence-electron chi connectivity index (χ1n) is 8.42. The number of carbonyl (C=O) groups is 2. The fourth-order valence-electron chi connectivity index (χ4n) is 2.68. The fraction of sp³-hybridized carbons (Fsp3) is 0.300. The normalized spacial score (nSPS) is 11.5. The Kier molecular flexibility index (Phi) is 6.57. The highest BCUT2D eigenvalue weighted by Crippen LogP contribution is 2.16. The van der Waals surface area contributed by atoms with Crippen LogP contribution in [0.4, 0.5) is 10.5 Å². The SMILES string of the molecule is CC(=O)Nc1ccc(CCNC(=O)NC(C)c2ccccc2C)cc1. The van der Waals surface area contributed by atoms with E-state index in [4.69, 9.17) is 0 Å². The number of aryl methyl sites for hydroxylation is 1. The number of amides is 3. The van der Waals surface area contributed by atoms with Gasteiger partial charge in [0, 0.05) is 19.2 Å². The van der Waals surface area contributed by atoms with Crippen LogP contribution < -0.4 is 16.0 Å². The Balaban J connectivity index is 1.76. The molecular weight excluding hydrogens is 314 g/mol. The van der Waals surface area contributed by atoms with Crippen molar-refractivity contribution in [1.82, 2.24) is 10.6 Å². The number of rotatable bonds is 6. The van der Waals surface area contributed by atoms with E-state index in [1.165, 1.54) is 6.92 Å². The second kappa shape index (κ2) is 8.87. The summed E-state index contributed by atoms with van der Waals surface area (Å²) >= 11 is 0. The van der Waals surface area contributed by atoms with Crippen LogP contribution in [0.5, 0.6) is 0 Å². The molecule has 0 spiro atoms. The highest BCUT2D eigenvalue weighted by atomic mass is 16.2. The molecular formula is C20H25N3O2. The van der Waals surface area contributed by atoms with Gasteiger partial charge in [0.15, 0.2) is 0 Å². The lowest BCUT2D eigenvalue weighted by Crippen LogP contribution is -2.38. The highest BCUT2D eigenvalue weighted by molar-refractivity contribution is 5.88. The van der Waals surface area contributed by atoms with E-state index in [0.29, 0.717) is 6.54 Å². The van der Waals surface area contributed by atoms with E-state index < -0.39 is 0 Å². The summed E-state index contributed by atoms with van der Waals surface area (Å²) in [5, 5.41) is 8.56. The lowest BCUT2D eigenvalue weighted by atomic mass is 10.0. The molecule has 0 fully saturated rings. The number of anilines is 1. The van der Waals surface area contributed by atoms with Gasteiger partial charge in [-0.05, 0) is 49.1 Å². The third kappa shape index (κ3) is 5.95. The predicted octanol–water partition coefficient (Wildman–Crippen LogP) is 3.56. The minimum atomic E-state index is -0.175. The van der Waals surface area contributed by atoms with Crippen molar-refractivity contribution in [3.63, 3.8) is 0 Å². The number of urea groups is 1. The van der Waals surface area contributed by atoms with Crippen molar-refractivity contribution >= 4 is 17.6 Å². The topological polar surface area (TPSA) is 70.2 Å². The Hall–Kier alpha value is -2.82. The van der Waals surface area contributed by atoms with Gasteiger partial charge in [-0.2, -0.15) is 0 Å². The molecule has 1 unspecified atom stereocenters. The summed E-state index contributed by atoms with van der Waals surface area (Å²) < 4.78 is 0. The number of nitrogens with one attached hydrogen (secondary N) is 3. The summed E-state index contributed by atoms with van der Waals surface area (Å²) in [6, 6.07) is 15.4. The number of hydrogen-bond donors (Lipinski definition) is 3. The molecule has 2 aromatic carbocycles. The third-order valence-electron chi connectivity index (χ3n) is 3.98. The largest absolute Gasteiger partial charge is 0.338 e. The van der Waals surface area contributed by atoms with Crippen LogP contribution in [0.1, 0.15) is 36.6 Å². The van der Waals surface area contributed by atoms with Gasteiger partial charge >= 0.3 is 6.03 Å². The van der Waals surface area contributed by atoms with Crippen LogP contribution in [0.15, 0.2) is 48.5 Å². The lowest BCUT2D eigenvalue weighted by Gasteiger charge is -2.17. The first kappa shape index (κ1) is 18.5. The van der Waals surface area contributed by atoms with Gasteiger partial charge in [0.1, 0.15) is 0 Å². The molecule has 0 aliphatic rings. The smallest absolute Gasteiger partial charge is 0.315 e. The molecule has 0 aliphatic heterocycles. The zero-order valence-electron chi connectivity index (χ0n) is 14.9. The first-order chi connectivity index (χ1) is 12.0. The van der Waals surface area contributed by atoms with E-state index in [9.17, 15) is 9.59 Å². The van der Waals surface area contributed by atoms with Crippen LogP contribution in [-0.2, 0) is 11.2 Å². The van der Waals surface area contributed by atoms with Gasteiger partial charge in [0.25, 0.3) is 0 Å². The average Bonchev–Trinajstić information content (AvgIpc) is 2.56. The van der Waals surface area contributed by atoms with Crippen LogP contribution in [0.25, 0.3) is 0 Å². The standard InChI is InChI=1S/C20H25N3O2/c1-14-6-4-5-7-19(14)15(2)22-20(25)21-13-12-17-8-10-18(11-9-17)23-16(3)24/h4-11,15H,12-13H2,1-3H3,(H,23,24)(H2,21,22,25). The van der Waals surface area contributed by atoms with Crippen LogP contribution in [0, 0.1) is 6.92 Å². The quantitative estimate of drug-likeness (QED) is 0.753. The Morgan fingerprint density at radius 3 is 2.36 bits per heavy atom. The summed E-state index contributed by atoms with van der Waals surface area (Å²) in [5.74, 6) is -0.0890. The zero-order chi connectivity index (χ0) is 18.2. The Bertz CT molecular complexity index is 726. The van der Waals surface area contributed by atoms with E-state index >= 15 is 0 Å². The Morgan fingerprint density at radius 2 is 1.72 bits per heavy atom. The van der Waals surface area contributed by atoms with Crippen molar-refractivity contribution in [3.8, 4) is 0 Å². The number of hydrogen-bond acceptors (Lipinski definition) is 2. The summed E-state index contributed by atoms with van der Waals surface area (Å²) in [4.78, 5) is 23.0. The van der Waals surface area contributed by atoms with Crippen molar-refractivity contribution < 1.29 is 9.59 Å². The molecule has 132 valence electrons. The second-order valence-corrected chi connectivity index (χ2v) is 6.11. The van der Waals surface area contributed by atoms with Gasteiger partial charge in [0.2, 0.25) is 5.91 Å². The maximum absolute atomic E-state index is 12.0. The first-order valence-corrected chi connectivity index (χ1v) is 8.42. The van der Waals surface area contributed by atoms with Crippen molar-refractivity contribution in [2.24, 2.45) is 0 Å². The van der Waals surface area contributed by atoms with E-state index in [0.717, 1.165) is 28.8 Å². The molecule has 2 rings (SSSR count). The molecule has 5 heteroatoms. The van der Waals surface area contributed by atoms with Crippen molar-refractivity contribution in [2.45, 2.75) is 33.2 Å². The van der Waals surface area contributed by atoms with E-state index in [1.807, 2.05) is 62.4 Å². The lowest BCUT2D eigenvalue weighted by molar-refractivity contribution is -0.114. The number of benzene rings is 2. The maximum atomic E-state index is 12.0. The van der Waals surface area contributed by atoms with Crippen LogP contribution >= 0.6 is 0 Å². The minimum Gasteiger partial charge on any atom is -0.338 e.